The molecule has 1 heterocycles. The molecule has 61 heavy (non-hydrogen) atoms. The number of hydrogen-bond acceptors (Lipinski definition) is 11. The van der Waals surface area contributed by atoms with Crippen LogP contribution in [0.15, 0.2) is 195 Å². The van der Waals surface area contributed by atoms with Crippen molar-refractivity contribution in [3.8, 4) is 34.4 Å². The maximum atomic E-state index is 13.2. The summed E-state index contributed by atoms with van der Waals surface area (Å²) in [5.74, 6) is -0.770. The quantitative estimate of drug-likeness (QED) is 0.0782. The van der Waals surface area contributed by atoms with Crippen LogP contribution in [0.25, 0.3) is 44.5 Å². The van der Waals surface area contributed by atoms with E-state index < -0.39 is 5.91 Å². The fourth-order valence-corrected chi connectivity index (χ4v) is 6.62. The molecule has 0 spiro atoms. The molecule has 8 aromatic carbocycles. The van der Waals surface area contributed by atoms with Crippen molar-refractivity contribution < 1.29 is 24.2 Å². The molecule has 4 N–H and O–H groups in total. The number of nitrogens with zero attached hydrogens (tertiary/aromatic N) is 6. The monoisotopic (exact) mass is 800 g/mol. The van der Waals surface area contributed by atoms with E-state index in [4.69, 9.17) is 4.42 Å². The van der Waals surface area contributed by atoms with Gasteiger partial charge in [-0.05, 0) is 95.7 Å². The highest BCUT2D eigenvalue weighted by Gasteiger charge is 2.20. The Balaban J connectivity index is 0.903. The van der Waals surface area contributed by atoms with Gasteiger partial charge in [0.1, 0.15) is 11.4 Å². The molecule has 9 rings (SSSR count). The Kier molecular flexibility index (Phi) is 10.2. The molecule has 0 aliphatic rings. The van der Waals surface area contributed by atoms with Crippen molar-refractivity contribution in [3.63, 3.8) is 0 Å². The third-order valence-electron chi connectivity index (χ3n) is 9.74. The van der Waals surface area contributed by atoms with Gasteiger partial charge in [-0.25, -0.2) is 0 Å². The molecule has 13 heteroatoms. The fraction of sp³-hybridized carbons (Fsp3) is 0. The van der Waals surface area contributed by atoms with Gasteiger partial charge in [0.25, 0.3) is 11.8 Å². The van der Waals surface area contributed by atoms with Gasteiger partial charge < -0.3 is 25.3 Å². The topological polar surface area (TPSA) is 187 Å². The predicted molar refractivity (Wildman–Crippen MR) is 234 cm³/mol. The van der Waals surface area contributed by atoms with Gasteiger partial charge in [-0.2, -0.15) is 10.2 Å². The Morgan fingerprint density at radius 2 is 0.984 bits per heavy atom. The van der Waals surface area contributed by atoms with Crippen LogP contribution in [-0.2, 0) is 0 Å². The van der Waals surface area contributed by atoms with E-state index >= 15 is 0 Å². The van der Waals surface area contributed by atoms with Crippen LogP contribution in [0.4, 0.5) is 34.1 Å². The number of carbonyl (C=O) groups is 2. The van der Waals surface area contributed by atoms with Crippen LogP contribution in [0.3, 0.4) is 0 Å². The average molecular weight is 801 g/mol. The predicted octanol–water partition coefficient (Wildman–Crippen LogP) is 12.5. The van der Waals surface area contributed by atoms with Crippen LogP contribution in [0, 0.1) is 0 Å². The molecule has 0 bridgehead atoms. The first-order valence-electron chi connectivity index (χ1n) is 19.0. The number of rotatable bonds is 10. The molecule has 0 radical (unpaired) electrons. The van der Waals surface area contributed by atoms with Crippen molar-refractivity contribution in [2.45, 2.75) is 0 Å². The normalized spacial score (nSPS) is 11.4. The van der Waals surface area contributed by atoms with Crippen LogP contribution in [0.5, 0.6) is 11.5 Å². The summed E-state index contributed by atoms with van der Waals surface area (Å²) in [7, 11) is 0. The maximum absolute atomic E-state index is 13.2. The van der Waals surface area contributed by atoms with Crippen molar-refractivity contribution in [2.75, 3.05) is 10.6 Å². The number of nitrogens with one attached hydrogen (secondary N) is 2. The van der Waals surface area contributed by atoms with Crippen molar-refractivity contribution in [2.24, 2.45) is 20.5 Å². The zero-order chi connectivity index (χ0) is 41.7. The summed E-state index contributed by atoms with van der Waals surface area (Å²) in [4.78, 5) is 26.1. The number of anilines is 2. The van der Waals surface area contributed by atoms with E-state index in [2.05, 4.69) is 41.3 Å². The largest absolute Gasteiger partial charge is 0.505 e. The van der Waals surface area contributed by atoms with E-state index in [9.17, 15) is 19.8 Å². The number of para-hydroxylation sites is 1. The van der Waals surface area contributed by atoms with Crippen LogP contribution in [-0.4, -0.2) is 32.2 Å². The number of phenols is 2. The summed E-state index contributed by atoms with van der Waals surface area (Å²) in [6.45, 7) is 0. The molecule has 0 unspecified atom stereocenters. The molecule has 2 amide bonds. The van der Waals surface area contributed by atoms with Crippen LogP contribution in [0.1, 0.15) is 20.7 Å². The number of amides is 2. The summed E-state index contributed by atoms with van der Waals surface area (Å²) in [6, 6.07) is 49.7. The highest BCUT2D eigenvalue weighted by Crippen LogP contribution is 2.43. The molecular weight excluding hydrogens is 769 g/mol. The second kappa shape index (κ2) is 16.6. The highest BCUT2D eigenvalue weighted by molar-refractivity contribution is 6.12. The molecule has 0 saturated heterocycles. The number of hydrogen-bond donors (Lipinski definition) is 4. The molecule has 1 aromatic heterocycles. The van der Waals surface area contributed by atoms with E-state index in [-0.39, 0.29) is 51.8 Å². The summed E-state index contributed by atoms with van der Waals surface area (Å²) in [5.41, 5.74) is 3.98. The first kappa shape index (κ1) is 37.7. The molecule has 0 aliphatic carbocycles. The molecular formula is C48H32N8O5. The molecule has 0 fully saturated rings. The maximum Gasteiger partial charge on any atom is 0.259 e. The van der Waals surface area contributed by atoms with Gasteiger partial charge in [-0.15, -0.1) is 20.4 Å². The summed E-state index contributed by atoms with van der Waals surface area (Å²) in [6.07, 6.45) is 0. The SMILES string of the molecule is O=C(Nc1cc2ccccc2c(N=Nc2ccc(-c3nnc(-c4ccc(N=Nc5c(O)c(C(=O)Nc6ccccc6)cc6ccccc56)cc4)o3)cc2)c1O)c1ccccc1. The second-order valence-corrected chi connectivity index (χ2v) is 13.7. The minimum absolute atomic E-state index is 0.0699. The number of aromatic hydroxyl groups is 2. The Hall–Kier alpha value is -8.84. The first-order valence-corrected chi connectivity index (χ1v) is 19.0. The van der Waals surface area contributed by atoms with Gasteiger partial charge in [0.2, 0.25) is 11.8 Å². The van der Waals surface area contributed by atoms with Crippen LogP contribution >= 0.6 is 0 Å². The van der Waals surface area contributed by atoms with E-state index in [1.807, 2.05) is 66.7 Å². The smallest absolute Gasteiger partial charge is 0.259 e. The van der Waals surface area contributed by atoms with E-state index in [0.29, 0.717) is 44.5 Å². The number of carbonyl (C=O) groups excluding carboxylic acids is 2. The van der Waals surface area contributed by atoms with E-state index in [1.54, 1.807) is 103 Å². The molecule has 294 valence electrons. The van der Waals surface area contributed by atoms with Crippen molar-refractivity contribution in [1.29, 1.82) is 0 Å². The molecule has 9 aromatic rings. The third-order valence-corrected chi connectivity index (χ3v) is 9.74. The number of aromatic nitrogens is 2. The lowest BCUT2D eigenvalue weighted by molar-refractivity contribution is 0.101. The Labute approximate surface area is 347 Å². The number of azo groups is 2. The van der Waals surface area contributed by atoms with Crippen molar-refractivity contribution in [3.05, 3.63) is 181 Å². The Morgan fingerprint density at radius 1 is 0.492 bits per heavy atom. The minimum atomic E-state index is -0.476. The molecule has 0 atom stereocenters. The minimum Gasteiger partial charge on any atom is -0.505 e. The molecule has 13 nitrogen and oxygen atoms in total. The van der Waals surface area contributed by atoms with E-state index in [1.165, 1.54) is 0 Å². The van der Waals surface area contributed by atoms with Gasteiger partial charge in [0.15, 0.2) is 11.5 Å². The number of benzene rings is 8. The van der Waals surface area contributed by atoms with E-state index in [0.717, 1.165) is 10.8 Å². The van der Waals surface area contributed by atoms with Gasteiger partial charge in [0.05, 0.1) is 22.6 Å². The standard InChI is InChI=1S/C48H32N8O5/c57-43-39(46(60)49-34-15-5-2-6-16-34)27-32-13-7-9-17-37(32)41(43)53-51-35-23-19-30(20-24-35)47-55-56-48(61-47)31-21-25-36(26-22-31)52-54-42-38-18-10-8-14-33(38)28-40(44(42)58)50-45(59)29-11-3-1-4-12-29/h1-28,57-58H,(H,49,60)(H,50,59). The average Bonchev–Trinajstić information content (AvgIpc) is 3.80. The summed E-state index contributed by atoms with van der Waals surface area (Å²) in [5, 5.41) is 56.8. The van der Waals surface area contributed by atoms with Crippen LogP contribution < -0.4 is 10.6 Å². The Morgan fingerprint density at radius 3 is 1.56 bits per heavy atom. The van der Waals surface area contributed by atoms with Gasteiger partial charge in [-0.3, -0.25) is 9.59 Å². The van der Waals surface area contributed by atoms with Gasteiger partial charge in [0, 0.05) is 33.2 Å². The first-order chi connectivity index (χ1) is 29.9. The lowest BCUT2D eigenvalue weighted by atomic mass is 10.0. The number of phenolic OH excluding ortho intramolecular Hbond substituents is 2. The summed E-state index contributed by atoms with van der Waals surface area (Å²) < 4.78 is 6.01. The lowest BCUT2D eigenvalue weighted by Crippen LogP contribution is -2.12. The lowest BCUT2D eigenvalue weighted by Gasteiger charge is -2.12. The Bertz CT molecular complexity index is 3130. The van der Waals surface area contributed by atoms with Crippen molar-refractivity contribution in [1.82, 2.24) is 10.2 Å². The van der Waals surface area contributed by atoms with Gasteiger partial charge >= 0.3 is 0 Å². The van der Waals surface area contributed by atoms with Crippen molar-refractivity contribution >= 4 is 67.5 Å². The zero-order valence-corrected chi connectivity index (χ0v) is 32.0. The van der Waals surface area contributed by atoms with Crippen LogP contribution in [0.2, 0.25) is 0 Å². The van der Waals surface area contributed by atoms with Gasteiger partial charge in [-0.1, -0.05) is 84.9 Å². The molecule has 0 aliphatic heterocycles. The zero-order valence-electron chi connectivity index (χ0n) is 32.0. The third kappa shape index (κ3) is 8.02. The fourth-order valence-electron chi connectivity index (χ4n) is 6.62. The number of fused-ring (bicyclic) bond motifs is 2. The highest BCUT2D eigenvalue weighted by atomic mass is 16.4. The second-order valence-electron chi connectivity index (χ2n) is 13.7. The molecule has 0 saturated carbocycles. The summed E-state index contributed by atoms with van der Waals surface area (Å²) >= 11 is 0.